The summed E-state index contributed by atoms with van der Waals surface area (Å²) >= 11 is 1.84. The normalized spacial score (nSPS) is 19.0. The molecule has 1 saturated carbocycles. The highest BCUT2D eigenvalue weighted by Crippen LogP contribution is 2.23. The van der Waals surface area contributed by atoms with Crippen molar-refractivity contribution < 1.29 is 4.74 Å². The molecule has 1 aliphatic rings. The fraction of sp³-hybridized carbons (Fsp3) is 0.733. The van der Waals surface area contributed by atoms with E-state index in [0.29, 0.717) is 12.1 Å². The van der Waals surface area contributed by atoms with Gasteiger partial charge in [0, 0.05) is 17.5 Å². The first-order chi connectivity index (χ1) is 8.77. The average molecular weight is 267 g/mol. The zero-order valence-electron chi connectivity index (χ0n) is 11.6. The minimum atomic E-state index is 0.444. The Kier molecular flexibility index (Phi) is 5.67. The lowest BCUT2D eigenvalue weighted by molar-refractivity contribution is 0.0295. The summed E-state index contributed by atoms with van der Waals surface area (Å²) in [6, 6.07) is 2.64. The maximum atomic E-state index is 5.92. The van der Waals surface area contributed by atoms with E-state index < -0.39 is 0 Å². The molecule has 2 rings (SSSR count). The highest BCUT2D eigenvalue weighted by molar-refractivity contribution is 7.10. The molecular formula is C15H25NOS. The molecule has 0 amide bonds. The molecule has 1 aromatic heterocycles. The van der Waals surface area contributed by atoms with Crippen LogP contribution in [-0.2, 0) is 4.74 Å². The van der Waals surface area contributed by atoms with Crippen molar-refractivity contribution in [1.29, 1.82) is 0 Å². The fourth-order valence-corrected chi connectivity index (χ4v) is 3.61. The van der Waals surface area contributed by atoms with Gasteiger partial charge in [-0.1, -0.05) is 19.3 Å². The highest BCUT2D eigenvalue weighted by atomic mass is 32.1. The molecule has 1 aromatic rings. The van der Waals surface area contributed by atoms with Crippen molar-refractivity contribution >= 4 is 11.3 Å². The molecule has 1 aliphatic carbocycles. The third kappa shape index (κ3) is 4.08. The van der Waals surface area contributed by atoms with Crippen LogP contribution < -0.4 is 5.32 Å². The van der Waals surface area contributed by atoms with Gasteiger partial charge in [0.2, 0.25) is 0 Å². The molecule has 1 N–H and O–H groups in total. The quantitative estimate of drug-likeness (QED) is 0.785. The van der Waals surface area contributed by atoms with Gasteiger partial charge in [-0.2, -0.15) is 0 Å². The van der Waals surface area contributed by atoms with Crippen molar-refractivity contribution in [3.8, 4) is 0 Å². The van der Waals surface area contributed by atoms with Crippen LogP contribution in [0.15, 0.2) is 11.4 Å². The molecule has 0 saturated heterocycles. The smallest absolute Gasteiger partial charge is 0.0594 e. The zero-order chi connectivity index (χ0) is 12.8. The van der Waals surface area contributed by atoms with Crippen molar-refractivity contribution in [3.63, 3.8) is 0 Å². The first kappa shape index (κ1) is 14.0. The Morgan fingerprint density at radius 3 is 2.83 bits per heavy atom. The van der Waals surface area contributed by atoms with Crippen molar-refractivity contribution in [3.05, 3.63) is 21.9 Å². The number of aryl methyl sites for hydroxylation is 1. The van der Waals surface area contributed by atoms with Crippen LogP contribution in [-0.4, -0.2) is 19.3 Å². The van der Waals surface area contributed by atoms with Crippen LogP contribution >= 0.6 is 11.3 Å². The predicted molar refractivity (Wildman–Crippen MR) is 78.3 cm³/mol. The summed E-state index contributed by atoms with van der Waals surface area (Å²) in [6.45, 7) is 6.22. The second-order valence-electron chi connectivity index (χ2n) is 5.27. The van der Waals surface area contributed by atoms with E-state index in [1.807, 2.05) is 11.3 Å². The fourth-order valence-electron chi connectivity index (χ4n) is 2.65. The molecule has 1 heterocycles. The van der Waals surface area contributed by atoms with Gasteiger partial charge in [-0.05, 0) is 43.7 Å². The number of ether oxygens (including phenoxy) is 1. The summed E-state index contributed by atoms with van der Waals surface area (Å²) in [6.07, 6.45) is 7.15. The molecule has 1 unspecified atom stereocenters. The van der Waals surface area contributed by atoms with Gasteiger partial charge >= 0.3 is 0 Å². The molecule has 0 aliphatic heterocycles. The number of nitrogens with one attached hydrogen (secondary N) is 1. The van der Waals surface area contributed by atoms with Crippen molar-refractivity contribution in [2.45, 2.75) is 58.1 Å². The summed E-state index contributed by atoms with van der Waals surface area (Å²) < 4.78 is 5.92. The van der Waals surface area contributed by atoms with Gasteiger partial charge in [0.1, 0.15) is 0 Å². The first-order valence-electron chi connectivity index (χ1n) is 7.16. The lowest BCUT2D eigenvalue weighted by Crippen LogP contribution is -2.26. The topological polar surface area (TPSA) is 21.3 Å². The second-order valence-corrected chi connectivity index (χ2v) is 6.22. The number of hydrogen-bond acceptors (Lipinski definition) is 3. The van der Waals surface area contributed by atoms with E-state index in [4.69, 9.17) is 4.74 Å². The molecule has 18 heavy (non-hydrogen) atoms. The maximum absolute atomic E-state index is 5.92. The molecule has 0 spiro atoms. The second kappa shape index (κ2) is 7.27. The van der Waals surface area contributed by atoms with Crippen LogP contribution in [0.25, 0.3) is 0 Å². The summed E-state index contributed by atoms with van der Waals surface area (Å²) in [4.78, 5) is 1.45. The van der Waals surface area contributed by atoms with Crippen LogP contribution in [0.3, 0.4) is 0 Å². The Morgan fingerprint density at radius 1 is 1.39 bits per heavy atom. The van der Waals surface area contributed by atoms with E-state index >= 15 is 0 Å². The van der Waals surface area contributed by atoms with Gasteiger partial charge in [-0.25, -0.2) is 0 Å². The van der Waals surface area contributed by atoms with Crippen LogP contribution in [0.2, 0.25) is 0 Å². The van der Waals surface area contributed by atoms with Gasteiger partial charge in [-0.3, -0.25) is 0 Å². The van der Waals surface area contributed by atoms with E-state index in [1.165, 1.54) is 42.5 Å². The number of thiophene rings is 1. The minimum Gasteiger partial charge on any atom is -0.377 e. The average Bonchev–Trinajstić information content (AvgIpc) is 2.82. The molecule has 1 fully saturated rings. The zero-order valence-corrected chi connectivity index (χ0v) is 12.4. The molecule has 102 valence electrons. The Bertz CT molecular complexity index is 344. The van der Waals surface area contributed by atoms with E-state index in [2.05, 4.69) is 30.6 Å². The Morgan fingerprint density at radius 2 is 2.17 bits per heavy atom. The van der Waals surface area contributed by atoms with Gasteiger partial charge in [0.15, 0.2) is 0 Å². The molecule has 3 heteroatoms. The number of rotatable bonds is 6. The third-order valence-electron chi connectivity index (χ3n) is 3.75. The molecule has 0 aromatic carbocycles. The minimum absolute atomic E-state index is 0.444. The van der Waals surface area contributed by atoms with Gasteiger partial charge < -0.3 is 10.1 Å². The molecule has 0 radical (unpaired) electrons. The SMILES string of the molecule is Cc1ccsc1C(C)NCCOC1CCCCC1. The molecule has 2 nitrogen and oxygen atoms in total. The monoisotopic (exact) mass is 267 g/mol. The summed E-state index contributed by atoms with van der Waals surface area (Å²) in [7, 11) is 0. The van der Waals surface area contributed by atoms with Crippen molar-refractivity contribution in [2.75, 3.05) is 13.2 Å². The summed E-state index contributed by atoms with van der Waals surface area (Å²) in [5.74, 6) is 0. The van der Waals surface area contributed by atoms with Crippen LogP contribution in [0.5, 0.6) is 0 Å². The molecular weight excluding hydrogens is 242 g/mol. The van der Waals surface area contributed by atoms with Crippen LogP contribution in [0.1, 0.15) is 55.5 Å². The van der Waals surface area contributed by atoms with E-state index in [-0.39, 0.29) is 0 Å². The Labute approximate surface area is 115 Å². The van der Waals surface area contributed by atoms with Crippen molar-refractivity contribution in [1.82, 2.24) is 5.32 Å². The lowest BCUT2D eigenvalue weighted by Gasteiger charge is -2.22. The Hall–Kier alpha value is -0.380. The Balaban J connectivity index is 1.61. The third-order valence-corrected chi connectivity index (χ3v) is 4.95. The molecule has 0 bridgehead atoms. The first-order valence-corrected chi connectivity index (χ1v) is 8.04. The van der Waals surface area contributed by atoms with E-state index in [1.54, 1.807) is 0 Å². The lowest BCUT2D eigenvalue weighted by atomic mass is 9.98. The van der Waals surface area contributed by atoms with Crippen LogP contribution in [0.4, 0.5) is 0 Å². The van der Waals surface area contributed by atoms with E-state index in [9.17, 15) is 0 Å². The molecule has 1 atom stereocenters. The van der Waals surface area contributed by atoms with Gasteiger partial charge in [0.05, 0.1) is 12.7 Å². The standard InChI is InChI=1S/C15H25NOS/c1-12-8-11-18-15(12)13(2)16-9-10-17-14-6-4-3-5-7-14/h8,11,13-14,16H,3-7,9-10H2,1-2H3. The summed E-state index contributed by atoms with van der Waals surface area (Å²) in [5.41, 5.74) is 1.40. The van der Waals surface area contributed by atoms with Gasteiger partial charge in [-0.15, -0.1) is 11.3 Å². The van der Waals surface area contributed by atoms with Gasteiger partial charge in [0.25, 0.3) is 0 Å². The van der Waals surface area contributed by atoms with Crippen LogP contribution in [0, 0.1) is 6.92 Å². The number of hydrogen-bond donors (Lipinski definition) is 1. The highest BCUT2D eigenvalue weighted by Gasteiger charge is 2.13. The van der Waals surface area contributed by atoms with Crippen molar-refractivity contribution in [2.24, 2.45) is 0 Å². The van der Waals surface area contributed by atoms with E-state index in [0.717, 1.165) is 13.2 Å². The summed E-state index contributed by atoms with van der Waals surface area (Å²) in [5, 5.41) is 5.72. The predicted octanol–water partition coefficient (Wildman–Crippen LogP) is 4.06. The largest absolute Gasteiger partial charge is 0.377 e. The maximum Gasteiger partial charge on any atom is 0.0594 e.